The SMILES string of the molecule is Cc1ccc(-c2csc3nc(COC(=O)c4ccsc4)[nH]c(=O)c23)s1. The smallest absolute Gasteiger partial charge is 0.339 e. The van der Waals surface area contributed by atoms with Crippen LogP contribution in [0.2, 0.25) is 0 Å². The largest absolute Gasteiger partial charge is 0.454 e. The monoisotopic (exact) mass is 388 g/mol. The Morgan fingerprint density at radius 3 is 2.88 bits per heavy atom. The van der Waals surface area contributed by atoms with Gasteiger partial charge in [-0.25, -0.2) is 9.78 Å². The maximum Gasteiger partial charge on any atom is 0.339 e. The van der Waals surface area contributed by atoms with Crippen LogP contribution in [0.15, 0.2) is 39.1 Å². The van der Waals surface area contributed by atoms with Crippen LogP contribution in [0.1, 0.15) is 21.1 Å². The normalized spacial score (nSPS) is 11.1. The minimum Gasteiger partial charge on any atom is -0.454 e. The standard InChI is InChI=1S/C17H12N2O3S3/c1-9-2-3-12(25-9)11-8-24-16-14(11)15(20)18-13(19-16)6-22-17(21)10-4-5-23-7-10/h2-5,7-8H,6H2,1H3,(H,18,19,20). The van der Waals surface area contributed by atoms with E-state index in [0.29, 0.717) is 21.6 Å². The van der Waals surface area contributed by atoms with Gasteiger partial charge in [0.05, 0.1) is 10.9 Å². The van der Waals surface area contributed by atoms with Gasteiger partial charge in [-0.2, -0.15) is 11.3 Å². The molecular formula is C17H12N2O3S3. The predicted molar refractivity (Wildman–Crippen MR) is 102 cm³/mol. The van der Waals surface area contributed by atoms with Gasteiger partial charge in [0.1, 0.15) is 17.3 Å². The van der Waals surface area contributed by atoms with Crippen molar-refractivity contribution in [3.63, 3.8) is 0 Å². The number of aryl methyl sites for hydroxylation is 1. The highest BCUT2D eigenvalue weighted by Crippen LogP contribution is 2.34. The summed E-state index contributed by atoms with van der Waals surface area (Å²) in [6.07, 6.45) is 0. The lowest BCUT2D eigenvalue weighted by Gasteiger charge is -2.03. The zero-order valence-electron chi connectivity index (χ0n) is 13.1. The van der Waals surface area contributed by atoms with Crippen molar-refractivity contribution < 1.29 is 9.53 Å². The van der Waals surface area contributed by atoms with Crippen LogP contribution in [0.3, 0.4) is 0 Å². The van der Waals surface area contributed by atoms with Gasteiger partial charge in [0.15, 0.2) is 0 Å². The molecule has 0 fully saturated rings. The first-order valence-corrected chi connectivity index (χ1v) is 10.0. The van der Waals surface area contributed by atoms with Gasteiger partial charge in [-0.05, 0) is 30.5 Å². The maximum absolute atomic E-state index is 12.5. The summed E-state index contributed by atoms with van der Waals surface area (Å²) in [4.78, 5) is 34.4. The van der Waals surface area contributed by atoms with Gasteiger partial charge < -0.3 is 9.72 Å². The van der Waals surface area contributed by atoms with Gasteiger partial charge >= 0.3 is 5.97 Å². The van der Waals surface area contributed by atoms with Crippen LogP contribution >= 0.6 is 34.0 Å². The second kappa shape index (κ2) is 6.55. The number of nitrogens with one attached hydrogen (secondary N) is 1. The molecule has 0 amide bonds. The van der Waals surface area contributed by atoms with E-state index in [4.69, 9.17) is 4.74 Å². The second-order valence-electron chi connectivity index (χ2n) is 5.34. The second-order valence-corrected chi connectivity index (χ2v) is 8.27. The molecule has 0 atom stereocenters. The van der Waals surface area contributed by atoms with E-state index in [2.05, 4.69) is 9.97 Å². The van der Waals surface area contributed by atoms with Crippen LogP contribution in [0, 0.1) is 6.92 Å². The molecule has 8 heteroatoms. The molecule has 126 valence electrons. The third-order valence-electron chi connectivity index (χ3n) is 3.60. The van der Waals surface area contributed by atoms with E-state index >= 15 is 0 Å². The van der Waals surface area contributed by atoms with Crippen molar-refractivity contribution in [1.29, 1.82) is 0 Å². The zero-order chi connectivity index (χ0) is 17.4. The molecule has 0 aliphatic rings. The van der Waals surface area contributed by atoms with Gasteiger partial charge in [-0.15, -0.1) is 22.7 Å². The van der Waals surface area contributed by atoms with Crippen LogP contribution in [-0.4, -0.2) is 15.9 Å². The quantitative estimate of drug-likeness (QED) is 0.525. The van der Waals surface area contributed by atoms with E-state index < -0.39 is 5.97 Å². The van der Waals surface area contributed by atoms with Crippen molar-refractivity contribution in [3.8, 4) is 10.4 Å². The topological polar surface area (TPSA) is 72.0 Å². The minimum atomic E-state index is -0.426. The van der Waals surface area contributed by atoms with E-state index in [0.717, 1.165) is 10.4 Å². The number of hydrogen-bond donors (Lipinski definition) is 1. The molecule has 0 aromatic carbocycles. The molecular weight excluding hydrogens is 376 g/mol. The van der Waals surface area contributed by atoms with E-state index in [1.54, 1.807) is 22.8 Å². The molecule has 0 aliphatic carbocycles. The van der Waals surface area contributed by atoms with Crippen molar-refractivity contribution in [1.82, 2.24) is 9.97 Å². The van der Waals surface area contributed by atoms with Gasteiger partial charge in [0.2, 0.25) is 0 Å². The van der Waals surface area contributed by atoms with Gasteiger partial charge in [-0.3, -0.25) is 4.79 Å². The molecule has 0 spiro atoms. The first kappa shape index (κ1) is 16.2. The van der Waals surface area contributed by atoms with Crippen LogP contribution in [0.5, 0.6) is 0 Å². The summed E-state index contributed by atoms with van der Waals surface area (Å²) in [6, 6.07) is 5.74. The highest BCUT2D eigenvalue weighted by Gasteiger charge is 2.15. The Morgan fingerprint density at radius 1 is 1.28 bits per heavy atom. The van der Waals surface area contributed by atoms with E-state index in [9.17, 15) is 9.59 Å². The number of nitrogens with zero attached hydrogens (tertiary/aromatic N) is 1. The molecule has 0 unspecified atom stereocenters. The Labute approximate surface area is 154 Å². The number of fused-ring (bicyclic) bond motifs is 1. The average molecular weight is 388 g/mol. The van der Waals surface area contributed by atoms with Crippen LogP contribution in [0.25, 0.3) is 20.7 Å². The zero-order valence-corrected chi connectivity index (χ0v) is 15.5. The molecule has 4 aromatic rings. The summed E-state index contributed by atoms with van der Waals surface area (Å²) in [7, 11) is 0. The third-order valence-corrected chi connectivity index (χ3v) is 6.19. The third kappa shape index (κ3) is 3.15. The average Bonchev–Trinajstić information content (AvgIpc) is 3.32. The molecule has 4 rings (SSSR count). The summed E-state index contributed by atoms with van der Waals surface area (Å²) in [5.41, 5.74) is 1.18. The van der Waals surface area contributed by atoms with E-state index in [-0.39, 0.29) is 12.2 Å². The number of esters is 1. The molecule has 0 radical (unpaired) electrons. The summed E-state index contributed by atoms with van der Waals surface area (Å²) in [5, 5.41) is 6.05. The number of rotatable bonds is 4. The molecule has 0 aliphatic heterocycles. The molecule has 25 heavy (non-hydrogen) atoms. The maximum atomic E-state index is 12.5. The number of aromatic nitrogens is 2. The number of carbonyl (C=O) groups excluding carboxylic acids is 1. The van der Waals surface area contributed by atoms with Gasteiger partial charge in [-0.1, -0.05) is 0 Å². The van der Waals surface area contributed by atoms with Crippen LogP contribution in [-0.2, 0) is 11.3 Å². The lowest BCUT2D eigenvalue weighted by Crippen LogP contribution is -2.14. The molecule has 0 saturated carbocycles. The molecule has 1 N–H and O–H groups in total. The van der Waals surface area contributed by atoms with E-state index in [1.165, 1.54) is 27.6 Å². The van der Waals surface area contributed by atoms with Crippen LogP contribution < -0.4 is 5.56 Å². The summed E-state index contributed by atoms with van der Waals surface area (Å²) < 4.78 is 5.21. The number of hydrogen-bond acceptors (Lipinski definition) is 7. The fourth-order valence-electron chi connectivity index (χ4n) is 2.42. The van der Waals surface area contributed by atoms with Gasteiger partial charge in [0.25, 0.3) is 5.56 Å². The highest BCUT2D eigenvalue weighted by molar-refractivity contribution is 7.19. The summed E-state index contributed by atoms with van der Waals surface area (Å²) in [6.45, 7) is 1.97. The number of H-pyrrole nitrogens is 1. The Hall–Kier alpha value is -2.29. The number of aromatic amines is 1. The Bertz CT molecular complexity index is 1110. The van der Waals surface area contributed by atoms with Crippen LogP contribution in [0.4, 0.5) is 0 Å². The van der Waals surface area contributed by atoms with Gasteiger partial charge in [0, 0.05) is 26.1 Å². The number of ether oxygens (including phenoxy) is 1. The fourth-order valence-corrected chi connectivity index (χ4v) is 4.97. The first-order valence-electron chi connectivity index (χ1n) is 7.38. The Morgan fingerprint density at radius 2 is 2.16 bits per heavy atom. The van der Waals surface area contributed by atoms with Crippen molar-refractivity contribution >= 4 is 50.2 Å². The van der Waals surface area contributed by atoms with Crippen molar-refractivity contribution in [3.05, 3.63) is 61.0 Å². The fraction of sp³-hybridized carbons (Fsp3) is 0.118. The molecule has 0 bridgehead atoms. The summed E-state index contributed by atoms with van der Waals surface area (Å²) in [5.74, 6) is -0.0817. The Kier molecular flexibility index (Phi) is 4.24. The minimum absolute atomic E-state index is 0.0643. The lowest BCUT2D eigenvalue weighted by molar-refractivity contribution is 0.0463. The molecule has 4 heterocycles. The number of carbonyl (C=O) groups is 1. The Balaban J connectivity index is 1.62. The molecule has 0 saturated heterocycles. The first-order chi connectivity index (χ1) is 12.1. The number of thiophene rings is 3. The van der Waals surface area contributed by atoms with E-state index in [1.807, 2.05) is 29.8 Å². The van der Waals surface area contributed by atoms with Crippen molar-refractivity contribution in [2.45, 2.75) is 13.5 Å². The van der Waals surface area contributed by atoms with Crippen molar-refractivity contribution in [2.24, 2.45) is 0 Å². The predicted octanol–water partition coefficient (Wildman–Crippen LogP) is 4.44. The molecule has 5 nitrogen and oxygen atoms in total. The lowest BCUT2D eigenvalue weighted by atomic mass is 10.2. The molecule has 4 aromatic heterocycles. The summed E-state index contributed by atoms with van der Waals surface area (Å²) >= 11 is 4.48. The van der Waals surface area contributed by atoms with Crippen molar-refractivity contribution in [2.75, 3.05) is 0 Å². The highest BCUT2D eigenvalue weighted by atomic mass is 32.1.